The molecule has 0 aliphatic heterocycles. The predicted molar refractivity (Wildman–Crippen MR) is 178 cm³/mol. The molecule has 0 aromatic heterocycles. The van der Waals surface area contributed by atoms with Gasteiger partial charge in [-0.3, -0.25) is 0 Å². The Balaban J connectivity index is 0.000000185. The van der Waals surface area contributed by atoms with E-state index >= 15 is 0 Å². The molecule has 0 saturated carbocycles. The van der Waals surface area contributed by atoms with E-state index in [1.807, 2.05) is 0 Å². The van der Waals surface area contributed by atoms with Gasteiger partial charge in [0, 0.05) is 9.52 Å². The van der Waals surface area contributed by atoms with Crippen molar-refractivity contribution >= 4 is 49.7 Å². The molecule has 0 heterocycles. The molecule has 204 valence electrons. The number of hydrogen-bond donors (Lipinski definition) is 0. The van der Waals surface area contributed by atoms with Gasteiger partial charge in [0.1, 0.15) is 0 Å². The molecule has 2 radical (unpaired) electrons. The predicted octanol–water partition coefficient (Wildman–Crippen LogP) is 11.7. The van der Waals surface area contributed by atoms with Crippen molar-refractivity contribution in [1.29, 1.82) is 0 Å². The maximum atomic E-state index is 4.89. The van der Waals surface area contributed by atoms with E-state index in [1.165, 1.54) is 54.9 Å². The van der Waals surface area contributed by atoms with Crippen LogP contribution in [0.5, 0.6) is 0 Å². The van der Waals surface area contributed by atoms with Crippen LogP contribution in [-0.4, -0.2) is 9.52 Å². The van der Waals surface area contributed by atoms with Crippen molar-refractivity contribution in [3.8, 4) is 22.3 Å². The molecular formula is C36H36Cl2SiTi-2. The van der Waals surface area contributed by atoms with Gasteiger partial charge >= 0.3 is 35.6 Å². The minimum absolute atomic E-state index is 0.556. The third-order valence-electron chi connectivity index (χ3n) is 6.65. The summed E-state index contributed by atoms with van der Waals surface area (Å²) in [6, 6.07) is 43.3. The number of halogens is 2. The van der Waals surface area contributed by atoms with Crippen LogP contribution in [0.4, 0.5) is 0 Å². The molecule has 0 aliphatic rings. The summed E-state index contributed by atoms with van der Waals surface area (Å²) in [6.45, 7) is 8.75. The molecule has 6 rings (SSSR count). The molecule has 40 heavy (non-hydrogen) atoms. The third kappa shape index (κ3) is 8.32. The average Bonchev–Trinajstić information content (AvgIpc) is 3.57. The molecule has 0 aliphatic carbocycles. The topological polar surface area (TPSA) is 0 Å². The number of rotatable bonds is 4. The molecule has 4 heteroatoms. The Morgan fingerprint density at radius 2 is 0.850 bits per heavy atom. The normalized spacial score (nSPS) is 10.1. The molecule has 0 amide bonds. The molecule has 0 spiro atoms. The van der Waals surface area contributed by atoms with Crippen LogP contribution in [0.15, 0.2) is 121 Å². The van der Waals surface area contributed by atoms with E-state index < -0.39 is 17.0 Å². The van der Waals surface area contributed by atoms with Gasteiger partial charge in [0.05, 0.1) is 0 Å². The molecule has 6 aromatic carbocycles. The second-order valence-corrected chi connectivity index (χ2v) is 12.9. The van der Waals surface area contributed by atoms with Crippen LogP contribution in [-0.2, 0) is 29.9 Å². The molecule has 0 atom stereocenters. The van der Waals surface area contributed by atoms with E-state index in [0.29, 0.717) is 0 Å². The van der Waals surface area contributed by atoms with Gasteiger partial charge in [-0.2, -0.15) is 0 Å². The number of aryl methyl sites for hydroxylation is 2. The molecule has 0 fully saturated rings. The van der Waals surface area contributed by atoms with Crippen LogP contribution in [0.3, 0.4) is 0 Å². The van der Waals surface area contributed by atoms with Crippen LogP contribution < -0.4 is 0 Å². The Hall–Kier alpha value is -2.39. The zero-order valence-electron chi connectivity index (χ0n) is 23.7. The summed E-state index contributed by atoms with van der Waals surface area (Å²) >= 11 is -0.556. The Morgan fingerprint density at radius 1 is 0.550 bits per heavy atom. The fraction of sp³-hybridized carbons (Fsp3) is 0.167. The van der Waals surface area contributed by atoms with Crippen LogP contribution in [0.1, 0.15) is 25.0 Å². The SMILES string of the molecule is CCc1cc2ccccc2[c-]1-c1ccccc1.CCc1cc2ccccc2[c-]1-c1ccccc1.C[Si]C.[Cl][Ti][Cl]. The standard InChI is InChI=1S/2C17H15.C2H6Si.2ClH.Ti/c2*1-2-13-12-15-10-6-7-11-16(15)17(13)14-8-4-3-5-9-14;1-3-2;;;/h2*3-12H,2H2,1H3;1-2H3;2*1H;/q2*-1;;;;+2/p-2. The first-order valence-corrected chi connectivity index (χ1v) is 19.9. The van der Waals surface area contributed by atoms with Gasteiger partial charge in [0.2, 0.25) is 0 Å². The van der Waals surface area contributed by atoms with Gasteiger partial charge < -0.3 is 0 Å². The van der Waals surface area contributed by atoms with Crippen LogP contribution in [0.2, 0.25) is 13.1 Å². The summed E-state index contributed by atoms with van der Waals surface area (Å²) in [5.74, 6) is 0. The molecule has 6 aromatic rings. The average molecular weight is 616 g/mol. The molecule has 0 N–H and O–H groups in total. The zero-order valence-corrected chi connectivity index (χ0v) is 27.8. The molecule has 0 unspecified atom stereocenters. The van der Waals surface area contributed by atoms with Gasteiger partial charge in [-0.05, 0) is 12.8 Å². The molecule has 0 nitrogen and oxygen atoms in total. The van der Waals surface area contributed by atoms with Crippen molar-refractivity contribution in [2.75, 3.05) is 0 Å². The molecule has 0 bridgehead atoms. The van der Waals surface area contributed by atoms with Crippen molar-refractivity contribution in [2.24, 2.45) is 0 Å². The number of hydrogen-bond acceptors (Lipinski definition) is 0. The van der Waals surface area contributed by atoms with E-state index in [0.717, 1.165) is 22.4 Å². The maximum absolute atomic E-state index is 4.89. The van der Waals surface area contributed by atoms with Gasteiger partial charge in [-0.15, -0.1) is 70.8 Å². The fourth-order valence-corrected chi connectivity index (χ4v) is 5.02. The molecular weight excluding hydrogens is 579 g/mol. The summed E-state index contributed by atoms with van der Waals surface area (Å²) in [6.07, 6.45) is 2.16. The first-order valence-electron chi connectivity index (χ1n) is 13.6. The first kappa shape index (κ1) is 32.1. The van der Waals surface area contributed by atoms with Gasteiger partial charge in [0.15, 0.2) is 0 Å². The van der Waals surface area contributed by atoms with E-state index in [1.54, 1.807) is 0 Å². The Kier molecular flexibility index (Phi) is 14.0. The van der Waals surface area contributed by atoms with Crippen molar-refractivity contribution in [3.63, 3.8) is 0 Å². The summed E-state index contributed by atoms with van der Waals surface area (Å²) < 4.78 is 0. The summed E-state index contributed by atoms with van der Waals surface area (Å²) in [5.41, 5.74) is 8.35. The van der Waals surface area contributed by atoms with E-state index in [9.17, 15) is 0 Å². The minimum atomic E-state index is -0.556. The quantitative estimate of drug-likeness (QED) is 0.137. The first-order chi connectivity index (χ1) is 19.6. The third-order valence-corrected chi connectivity index (χ3v) is 6.65. The van der Waals surface area contributed by atoms with Crippen molar-refractivity contribution in [2.45, 2.75) is 39.8 Å². The number of benzene rings is 4. The van der Waals surface area contributed by atoms with Crippen LogP contribution in [0.25, 0.3) is 43.8 Å². The van der Waals surface area contributed by atoms with E-state index in [4.69, 9.17) is 18.6 Å². The summed E-state index contributed by atoms with van der Waals surface area (Å²) in [4.78, 5) is 0. The van der Waals surface area contributed by atoms with Crippen molar-refractivity contribution in [3.05, 3.63) is 132 Å². The zero-order chi connectivity index (χ0) is 28.7. The van der Waals surface area contributed by atoms with Gasteiger partial charge in [0.25, 0.3) is 0 Å². The Morgan fingerprint density at radius 3 is 1.18 bits per heavy atom. The van der Waals surface area contributed by atoms with E-state index in [-0.39, 0.29) is 0 Å². The van der Waals surface area contributed by atoms with Crippen molar-refractivity contribution < 1.29 is 17.0 Å². The second-order valence-electron chi connectivity index (χ2n) is 9.27. The second kappa shape index (κ2) is 17.4. The van der Waals surface area contributed by atoms with Crippen LogP contribution in [0, 0.1) is 0 Å². The van der Waals surface area contributed by atoms with Crippen LogP contribution >= 0.6 is 18.6 Å². The monoisotopic (exact) mass is 614 g/mol. The fourth-order valence-electron chi connectivity index (χ4n) is 5.02. The van der Waals surface area contributed by atoms with Crippen molar-refractivity contribution in [1.82, 2.24) is 0 Å². The molecule has 0 saturated heterocycles. The van der Waals surface area contributed by atoms with Gasteiger partial charge in [-0.1, -0.05) is 132 Å². The number of fused-ring (bicyclic) bond motifs is 2. The summed E-state index contributed by atoms with van der Waals surface area (Å²) in [7, 11) is 10.9. The Labute approximate surface area is 259 Å². The van der Waals surface area contributed by atoms with Gasteiger partial charge in [-0.25, -0.2) is 0 Å². The summed E-state index contributed by atoms with van der Waals surface area (Å²) in [5, 5.41) is 5.44. The van der Waals surface area contributed by atoms with E-state index in [2.05, 4.69) is 148 Å². The Bertz CT molecular complexity index is 1430.